The molecule has 0 N–H and O–H groups in total. The first-order chi connectivity index (χ1) is 38.6. The molecule has 0 aromatic rings. The molecule has 0 aliphatic carbocycles. The minimum atomic E-state index is -1.62. The van der Waals surface area contributed by atoms with Crippen LogP contribution in [0.1, 0.15) is 335 Å². The highest BCUT2D eigenvalue weighted by atomic mass is 16.7. The van der Waals surface area contributed by atoms with Gasteiger partial charge in [0.15, 0.2) is 12.4 Å². The zero-order valence-corrected chi connectivity index (χ0v) is 53.0. The summed E-state index contributed by atoms with van der Waals surface area (Å²) in [4.78, 5) is 37.4. The van der Waals surface area contributed by atoms with Crippen molar-refractivity contribution in [2.45, 2.75) is 347 Å². The van der Waals surface area contributed by atoms with Crippen LogP contribution in [0.2, 0.25) is 0 Å². The summed E-state index contributed by atoms with van der Waals surface area (Å²) < 4.78 is 22.8. The van der Waals surface area contributed by atoms with Gasteiger partial charge < -0.3 is 33.3 Å². The van der Waals surface area contributed by atoms with Gasteiger partial charge in [-0.15, -0.1) is 0 Å². The third-order valence-electron chi connectivity index (χ3n) is 15.4. The predicted molar refractivity (Wildman–Crippen MR) is 334 cm³/mol. The summed E-state index contributed by atoms with van der Waals surface area (Å²) >= 11 is 0. The molecule has 0 rings (SSSR count). The molecule has 464 valence electrons. The molecule has 0 heterocycles. The molecule has 0 bridgehead atoms. The van der Waals surface area contributed by atoms with E-state index < -0.39 is 24.3 Å². The van der Waals surface area contributed by atoms with Crippen molar-refractivity contribution >= 4 is 17.9 Å². The molecule has 79 heavy (non-hydrogen) atoms. The second-order valence-corrected chi connectivity index (χ2v) is 24.5. The van der Waals surface area contributed by atoms with E-state index in [0.717, 1.165) is 51.4 Å². The number of carboxylic acids is 1. The van der Waals surface area contributed by atoms with Crippen LogP contribution >= 0.6 is 0 Å². The number of carbonyl (C=O) groups is 3. The number of esters is 2. The summed E-state index contributed by atoms with van der Waals surface area (Å²) in [6, 6.07) is 0. The summed E-state index contributed by atoms with van der Waals surface area (Å²) in [6.45, 7) is 4.77. The Morgan fingerprint density at radius 2 is 0.684 bits per heavy atom. The number of aliphatic carboxylic acids is 1. The van der Waals surface area contributed by atoms with E-state index in [-0.39, 0.29) is 32.2 Å². The lowest BCUT2D eigenvalue weighted by Crippen LogP contribution is -2.44. The number of quaternary nitrogens is 1. The lowest BCUT2D eigenvalue weighted by molar-refractivity contribution is -0.870. The zero-order valence-electron chi connectivity index (χ0n) is 53.0. The number of nitrogens with zero attached hydrogens (tertiary/aromatic N) is 1. The maximum Gasteiger partial charge on any atom is 0.306 e. The van der Waals surface area contributed by atoms with Crippen molar-refractivity contribution in [1.29, 1.82) is 0 Å². The van der Waals surface area contributed by atoms with Gasteiger partial charge in [-0.2, -0.15) is 0 Å². The Hall–Kier alpha value is -2.49. The lowest BCUT2D eigenvalue weighted by atomic mass is 10.0. The molecule has 0 saturated carbocycles. The molecule has 0 amide bonds. The highest BCUT2D eigenvalue weighted by Gasteiger charge is 2.22. The molecule has 0 fully saturated rings. The van der Waals surface area contributed by atoms with Crippen LogP contribution in [0.15, 0.2) is 36.5 Å². The van der Waals surface area contributed by atoms with Gasteiger partial charge in [-0.25, -0.2) is 0 Å². The molecule has 9 heteroatoms. The van der Waals surface area contributed by atoms with E-state index in [0.29, 0.717) is 23.9 Å². The van der Waals surface area contributed by atoms with Gasteiger partial charge in [-0.1, -0.05) is 288 Å². The van der Waals surface area contributed by atoms with Gasteiger partial charge in [0, 0.05) is 12.8 Å². The monoisotopic (exact) mass is 1110 g/mol. The summed E-state index contributed by atoms with van der Waals surface area (Å²) in [7, 11) is 5.93. The van der Waals surface area contributed by atoms with E-state index in [9.17, 15) is 19.5 Å². The Labute approximate surface area is 490 Å². The Morgan fingerprint density at radius 1 is 0.380 bits per heavy atom. The maximum atomic E-state index is 12.9. The molecule has 0 aliphatic heterocycles. The van der Waals surface area contributed by atoms with Gasteiger partial charge in [-0.3, -0.25) is 9.59 Å². The number of carboxylic acid groups (broad SMARTS) is 1. The van der Waals surface area contributed by atoms with E-state index in [1.165, 1.54) is 250 Å². The van der Waals surface area contributed by atoms with Crippen LogP contribution in [0.5, 0.6) is 0 Å². The minimum Gasteiger partial charge on any atom is -0.545 e. The van der Waals surface area contributed by atoms with E-state index in [1.807, 2.05) is 21.1 Å². The average molecular weight is 1110 g/mol. The van der Waals surface area contributed by atoms with Crippen LogP contribution in [-0.4, -0.2) is 82.3 Å². The molecule has 0 aromatic carbocycles. The van der Waals surface area contributed by atoms with Crippen molar-refractivity contribution in [3.63, 3.8) is 0 Å². The van der Waals surface area contributed by atoms with Crippen LogP contribution in [0.25, 0.3) is 0 Å². The van der Waals surface area contributed by atoms with Gasteiger partial charge >= 0.3 is 11.9 Å². The molecular formula is C70H131NO8. The van der Waals surface area contributed by atoms with Gasteiger partial charge in [0.1, 0.15) is 13.2 Å². The lowest BCUT2D eigenvalue weighted by Gasteiger charge is -2.26. The Bertz CT molecular complexity index is 1390. The van der Waals surface area contributed by atoms with E-state index in [2.05, 4.69) is 50.3 Å². The van der Waals surface area contributed by atoms with Crippen LogP contribution in [0.4, 0.5) is 0 Å². The van der Waals surface area contributed by atoms with Gasteiger partial charge in [-0.05, 0) is 70.6 Å². The fraction of sp³-hybridized carbons (Fsp3) is 0.871. The number of allylic oxidation sites excluding steroid dienone is 6. The van der Waals surface area contributed by atoms with Gasteiger partial charge in [0.05, 0.1) is 40.3 Å². The Morgan fingerprint density at radius 3 is 1.04 bits per heavy atom. The third-order valence-corrected chi connectivity index (χ3v) is 15.4. The molecule has 0 spiro atoms. The zero-order chi connectivity index (χ0) is 57.6. The second kappa shape index (κ2) is 61.6. The fourth-order valence-electron chi connectivity index (χ4n) is 10.1. The van der Waals surface area contributed by atoms with Crippen molar-refractivity contribution in [2.24, 2.45) is 0 Å². The molecule has 9 nitrogen and oxygen atoms in total. The normalized spacial score (nSPS) is 12.9. The van der Waals surface area contributed by atoms with Crippen LogP contribution in [-0.2, 0) is 33.3 Å². The number of hydrogen-bond acceptors (Lipinski definition) is 8. The summed E-state index contributed by atoms with van der Waals surface area (Å²) in [6.07, 6.45) is 73.8. The number of carbonyl (C=O) groups excluding carboxylic acids is 3. The number of likely N-dealkylation sites (N-methyl/N-ethyl adjacent to an activating group) is 1. The van der Waals surface area contributed by atoms with Crippen molar-refractivity contribution < 1.29 is 42.9 Å². The SMILES string of the molecule is CCCCC/C=C\C/C=C\CCCCCCCCCCCC(=O)OC(COC(=O)CCCCCCCCCCCCCCCCCCCCCCCCC/C=C\CCCCCCCCCC)COC(OCC[N+](C)(C)C)C(=O)[O-]. The van der Waals surface area contributed by atoms with E-state index in [1.54, 1.807) is 0 Å². The van der Waals surface area contributed by atoms with Crippen molar-refractivity contribution in [2.75, 3.05) is 47.5 Å². The number of hydrogen-bond donors (Lipinski definition) is 0. The third kappa shape index (κ3) is 63.0. The predicted octanol–water partition coefficient (Wildman–Crippen LogP) is 19.5. The number of ether oxygens (including phenoxy) is 4. The highest BCUT2D eigenvalue weighted by molar-refractivity contribution is 5.70. The first-order valence-electron chi connectivity index (χ1n) is 34.1. The van der Waals surface area contributed by atoms with Gasteiger partial charge in [0.25, 0.3) is 0 Å². The Kier molecular flexibility index (Phi) is 59.6. The molecular weight excluding hydrogens is 983 g/mol. The molecule has 0 radical (unpaired) electrons. The summed E-state index contributed by atoms with van der Waals surface area (Å²) in [5.41, 5.74) is 0. The molecule has 2 atom stereocenters. The number of unbranched alkanes of at least 4 members (excludes halogenated alkanes) is 43. The first kappa shape index (κ1) is 76.5. The minimum absolute atomic E-state index is 0.149. The fourth-order valence-corrected chi connectivity index (χ4v) is 10.1. The van der Waals surface area contributed by atoms with Crippen LogP contribution in [0.3, 0.4) is 0 Å². The van der Waals surface area contributed by atoms with Crippen LogP contribution in [0, 0.1) is 0 Å². The molecule has 2 unspecified atom stereocenters. The summed E-state index contributed by atoms with van der Waals surface area (Å²) in [5, 5.41) is 11.8. The molecule has 0 aliphatic rings. The van der Waals surface area contributed by atoms with E-state index >= 15 is 0 Å². The number of rotatable bonds is 64. The van der Waals surface area contributed by atoms with Crippen LogP contribution < -0.4 is 5.11 Å². The quantitative estimate of drug-likeness (QED) is 0.0195. The van der Waals surface area contributed by atoms with E-state index in [4.69, 9.17) is 18.9 Å². The van der Waals surface area contributed by atoms with Crippen molar-refractivity contribution in [1.82, 2.24) is 0 Å². The molecule has 0 aromatic heterocycles. The maximum absolute atomic E-state index is 12.9. The summed E-state index contributed by atoms with van der Waals surface area (Å²) in [5.74, 6) is -2.27. The van der Waals surface area contributed by atoms with Gasteiger partial charge in [0.2, 0.25) is 0 Å². The smallest absolute Gasteiger partial charge is 0.306 e. The largest absolute Gasteiger partial charge is 0.545 e. The Balaban J connectivity index is 4.00. The average Bonchev–Trinajstić information content (AvgIpc) is 3.42. The second-order valence-electron chi connectivity index (χ2n) is 24.5. The standard InChI is InChI=1S/C70H131NO8/c1-6-8-10-12-14-16-18-20-22-24-26-27-28-29-30-31-32-33-34-35-36-37-38-39-40-41-43-44-46-48-50-52-54-56-58-60-67(72)77-64-66(65-78-70(69(74)75)76-63-62-71(3,4)5)79-68(73)61-59-57-55-53-51-49-47-45-42-25-23-21-19-17-15-13-11-9-7-2/h15,17,21,23-24,26,66,70H,6-14,16,18-20,22,25,27-65H2,1-5H3/b17-15-,23-21-,26-24-. The topological polar surface area (TPSA) is 111 Å². The molecule has 0 saturated heterocycles. The van der Waals surface area contributed by atoms with Crippen molar-refractivity contribution in [3.8, 4) is 0 Å². The first-order valence-corrected chi connectivity index (χ1v) is 34.1. The van der Waals surface area contributed by atoms with Crippen molar-refractivity contribution in [3.05, 3.63) is 36.5 Å². The highest BCUT2D eigenvalue weighted by Crippen LogP contribution is 2.18.